The van der Waals surface area contributed by atoms with Gasteiger partial charge in [0.15, 0.2) is 0 Å². The molecule has 0 fully saturated rings. The number of hydrogen-bond acceptors (Lipinski definition) is 2. The fourth-order valence-electron chi connectivity index (χ4n) is 3.36. The summed E-state index contributed by atoms with van der Waals surface area (Å²) in [6.07, 6.45) is 0.543. The van der Waals surface area contributed by atoms with Crippen LogP contribution in [0, 0.1) is 5.41 Å². The Morgan fingerprint density at radius 3 is 2.57 bits per heavy atom. The third kappa shape index (κ3) is 2.09. The average molecular weight is 282 g/mol. The molecular weight excluding hydrogens is 264 g/mol. The molecule has 0 saturated carbocycles. The zero-order valence-electron chi connectivity index (χ0n) is 12.2. The Labute approximate surface area is 124 Å². The highest BCUT2D eigenvalue weighted by Crippen LogP contribution is 2.51. The fraction of sp³-hybridized carbons (Fsp3) is 0.278. The molecule has 3 nitrogen and oxygen atoms in total. The van der Waals surface area contributed by atoms with Gasteiger partial charge in [0.05, 0.1) is 12.5 Å². The summed E-state index contributed by atoms with van der Waals surface area (Å²) in [6.45, 7) is 1.83. The van der Waals surface area contributed by atoms with Crippen molar-refractivity contribution >= 4 is 5.97 Å². The third-order valence-electron chi connectivity index (χ3n) is 4.48. The summed E-state index contributed by atoms with van der Waals surface area (Å²) >= 11 is 0. The SMILES string of the molecule is COc1ccc2c(c1)[C@@H](c1ccccc1)[C@](C)(C(=O)O)C2. The van der Waals surface area contributed by atoms with Crippen molar-refractivity contribution in [2.45, 2.75) is 19.3 Å². The van der Waals surface area contributed by atoms with E-state index in [2.05, 4.69) is 0 Å². The van der Waals surface area contributed by atoms with Crippen molar-refractivity contribution in [1.82, 2.24) is 0 Å². The minimum Gasteiger partial charge on any atom is -0.497 e. The van der Waals surface area contributed by atoms with Crippen LogP contribution in [0.25, 0.3) is 0 Å². The topological polar surface area (TPSA) is 46.5 Å². The molecule has 0 saturated heterocycles. The molecule has 1 N–H and O–H groups in total. The monoisotopic (exact) mass is 282 g/mol. The van der Waals surface area contributed by atoms with Gasteiger partial charge in [-0.25, -0.2) is 0 Å². The van der Waals surface area contributed by atoms with Crippen LogP contribution in [0.4, 0.5) is 0 Å². The van der Waals surface area contributed by atoms with Crippen LogP contribution in [-0.2, 0) is 11.2 Å². The first kappa shape index (κ1) is 13.7. The largest absolute Gasteiger partial charge is 0.497 e. The molecule has 0 unspecified atom stereocenters. The zero-order valence-corrected chi connectivity index (χ0v) is 12.2. The average Bonchev–Trinajstić information content (AvgIpc) is 2.80. The van der Waals surface area contributed by atoms with Crippen LogP contribution in [0.1, 0.15) is 29.5 Å². The maximum absolute atomic E-state index is 11.9. The maximum atomic E-state index is 11.9. The molecule has 3 rings (SSSR count). The van der Waals surface area contributed by atoms with Crippen LogP contribution in [0.15, 0.2) is 48.5 Å². The van der Waals surface area contributed by atoms with Crippen molar-refractivity contribution in [1.29, 1.82) is 0 Å². The second-order valence-corrected chi connectivity index (χ2v) is 5.81. The highest BCUT2D eigenvalue weighted by Gasteiger charge is 2.49. The molecule has 21 heavy (non-hydrogen) atoms. The minimum absolute atomic E-state index is 0.152. The van der Waals surface area contributed by atoms with Crippen LogP contribution in [0.3, 0.4) is 0 Å². The van der Waals surface area contributed by atoms with Gasteiger partial charge in [0.25, 0.3) is 0 Å². The molecule has 2 aromatic carbocycles. The number of hydrogen-bond donors (Lipinski definition) is 1. The van der Waals surface area contributed by atoms with Crippen molar-refractivity contribution in [3.8, 4) is 5.75 Å². The molecule has 0 amide bonds. The van der Waals surface area contributed by atoms with E-state index in [1.165, 1.54) is 0 Å². The number of carbonyl (C=O) groups is 1. The summed E-state index contributed by atoms with van der Waals surface area (Å²) in [7, 11) is 1.63. The summed E-state index contributed by atoms with van der Waals surface area (Å²) in [6, 6.07) is 15.7. The van der Waals surface area contributed by atoms with Crippen molar-refractivity contribution < 1.29 is 14.6 Å². The highest BCUT2D eigenvalue weighted by atomic mass is 16.5. The van der Waals surface area contributed by atoms with Crippen molar-refractivity contribution in [2.24, 2.45) is 5.41 Å². The molecule has 0 bridgehead atoms. The van der Waals surface area contributed by atoms with Gasteiger partial charge in [0, 0.05) is 5.92 Å². The molecule has 2 aromatic rings. The normalized spacial score (nSPS) is 23.6. The van der Waals surface area contributed by atoms with Gasteiger partial charge in [-0.05, 0) is 42.2 Å². The van der Waals surface area contributed by atoms with E-state index < -0.39 is 11.4 Å². The van der Waals surface area contributed by atoms with Crippen molar-refractivity contribution in [2.75, 3.05) is 7.11 Å². The zero-order chi connectivity index (χ0) is 15.0. The lowest BCUT2D eigenvalue weighted by molar-refractivity contribution is -0.148. The number of methoxy groups -OCH3 is 1. The Morgan fingerprint density at radius 1 is 1.24 bits per heavy atom. The van der Waals surface area contributed by atoms with Crippen molar-refractivity contribution in [3.05, 3.63) is 65.2 Å². The maximum Gasteiger partial charge on any atom is 0.310 e. The minimum atomic E-state index is -0.823. The molecular formula is C18H18O3. The summed E-state index contributed by atoms with van der Waals surface area (Å²) in [5, 5.41) is 9.77. The summed E-state index contributed by atoms with van der Waals surface area (Å²) in [5.74, 6) is -0.142. The van der Waals surface area contributed by atoms with E-state index in [0.717, 1.165) is 22.4 Å². The smallest absolute Gasteiger partial charge is 0.310 e. The predicted molar refractivity (Wildman–Crippen MR) is 80.7 cm³/mol. The summed E-state index contributed by atoms with van der Waals surface area (Å²) in [4.78, 5) is 11.9. The van der Waals surface area contributed by atoms with E-state index in [1.807, 2.05) is 55.5 Å². The Kier molecular flexibility index (Phi) is 3.20. The van der Waals surface area contributed by atoms with Gasteiger partial charge in [-0.2, -0.15) is 0 Å². The molecule has 0 spiro atoms. The number of fused-ring (bicyclic) bond motifs is 1. The molecule has 0 aromatic heterocycles. The van der Waals surface area contributed by atoms with E-state index in [9.17, 15) is 9.90 Å². The molecule has 1 aliphatic carbocycles. The first-order valence-electron chi connectivity index (χ1n) is 7.01. The number of ether oxygens (including phenoxy) is 1. The van der Waals surface area contributed by atoms with Crippen LogP contribution >= 0.6 is 0 Å². The Morgan fingerprint density at radius 2 is 1.95 bits per heavy atom. The number of rotatable bonds is 3. The van der Waals surface area contributed by atoms with Gasteiger partial charge >= 0.3 is 5.97 Å². The van der Waals surface area contributed by atoms with Crippen LogP contribution in [0.5, 0.6) is 5.75 Å². The summed E-state index contributed by atoms with van der Waals surface area (Å²) in [5.41, 5.74) is 2.37. The quantitative estimate of drug-likeness (QED) is 0.937. The standard InChI is InChI=1S/C18H18O3/c1-18(17(19)20)11-13-8-9-14(21-2)10-15(13)16(18)12-6-4-3-5-7-12/h3-10,16H,11H2,1-2H3,(H,19,20)/t16-,18-/m1/s1. The van der Waals surface area contributed by atoms with Crippen molar-refractivity contribution in [3.63, 3.8) is 0 Å². The number of aliphatic carboxylic acids is 1. The first-order valence-corrected chi connectivity index (χ1v) is 7.01. The first-order chi connectivity index (χ1) is 10.1. The Balaban J connectivity index is 2.19. The third-order valence-corrected chi connectivity index (χ3v) is 4.48. The van der Waals surface area contributed by atoms with E-state index >= 15 is 0 Å². The molecule has 1 aliphatic rings. The van der Waals surface area contributed by atoms with Gasteiger partial charge in [-0.15, -0.1) is 0 Å². The lowest BCUT2D eigenvalue weighted by Gasteiger charge is -2.28. The molecule has 0 aliphatic heterocycles. The molecule has 0 heterocycles. The van der Waals surface area contributed by atoms with E-state index in [-0.39, 0.29) is 5.92 Å². The second kappa shape index (κ2) is 4.92. The molecule has 3 heteroatoms. The molecule has 2 atom stereocenters. The molecule has 0 radical (unpaired) electrons. The Bertz CT molecular complexity index is 678. The van der Waals surface area contributed by atoms with Crippen LogP contribution in [-0.4, -0.2) is 18.2 Å². The van der Waals surface area contributed by atoms with E-state index in [0.29, 0.717) is 6.42 Å². The van der Waals surface area contributed by atoms with Crippen LogP contribution < -0.4 is 4.74 Å². The van der Waals surface area contributed by atoms with E-state index in [1.54, 1.807) is 7.11 Å². The Hall–Kier alpha value is -2.29. The van der Waals surface area contributed by atoms with Gasteiger partial charge < -0.3 is 9.84 Å². The number of benzene rings is 2. The molecule has 108 valence electrons. The highest BCUT2D eigenvalue weighted by molar-refractivity contribution is 5.79. The predicted octanol–water partition coefficient (Wildman–Crippen LogP) is 3.47. The van der Waals surface area contributed by atoms with Gasteiger partial charge in [0.2, 0.25) is 0 Å². The van der Waals surface area contributed by atoms with Crippen LogP contribution in [0.2, 0.25) is 0 Å². The second-order valence-electron chi connectivity index (χ2n) is 5.81. The number of carboxylic acids is 1. The lowest BCUT2D eigenvalue weighted by atomic mass is 9.74. The van der Waals surface area contributed by atoms with Gasteiger partial charge in [-0.1, -0.05) is 36.4 Å². The van der Waals surface area contributed by atoms with Gasteiger partial charge in [-0.3, -0.25) is 4.79 Å². The fourth-order valence-corrected chi connectivity index (χ4v) is 3.36. The summed E-state index contributed by atoms with van der Waals surface area (Å²) < 4.78 is 5.30. The number of carboxylic acid groups (broad SMARTS) is 1. The van der Waals surface area contributed by atoms with E-state index in [4.69, 9.17) is 4.74 Å². The lowest BCUT2D eigenvalue weighted by Crippen LogP contribution is -2.32. The van der Waals surface area contributed by atoms with Gasteiger partial charge in [0.1, 0.15) is 5.75 Å².